The number of hydrogen-bond acceptors (Lipinski definition) is 4. The van der Waals surface area contributed by atoms with E-state index in [-0.39, 0.29) is 5.91 Å². The number of amides is 1. The van der Waals surface area contributed by atoms with Crippen molar-refractivity contribution in [3.63, 3.8) is 0 Å². The average molecular weight is 340 g/mol. The minimum Gasteiger partial charge on any atom is -0.379 e. The Hall–Kier alpha value is -2.84. The normalized spacial score (nSPS) is 19.1. The predicted octanol–water partition coefficient (Wildman–Crippen LogP) is 3.73. The summed E-state index contributed by atoms with van der Waals surface area (Å²) in [7, 11) is 0. The highest BCUT2D eigenvalue weighted by molar-refractivity contribution is 6.34. The van der Waals surface area contributed by atoms with Crippen molar-refractivity contribution in [3.05, 3.63) is 64.7 Å². The third kappa shape index (κ3) is 3.10. The summed E-state index contributed by atoms with van der Waals surface area (Å²) in [4.78, 5) is 18.0. The number of nitriles is 1. The van der Waals surface area contributed by atoms with E-state index < -0.39 is 5.60 Å². The third-order valence-corrected chi connectivity index (χ3v) is 4.13. The van der Waals surface area contributed by atoms with E-state index in [0.717, 1.165) is 5.56 Å². The molecule has 120 valence electrons. The van der Waals surface area contributed by atoms with Gasteiger partial charge in [-0.05, 0) is 37.3 Å². The van der Waals surface area contributed by atoms with Crippen LogP contribution in [0.5, 0.6) is 0 Å². The molecule has 2 aromatic rings. The number of carbonyl (C=O) groups excluding carboxylic acids is 1. The van der Waals surface area contributed by atoms with E-state index in [1.165, 1.54) is 0 Å². The Kier molecular flexibility index (Phi) is 4.24. The van der Waals surface area contributed by atoms with Crippen molar-refractivity contribution in [1.29, 1.82) is 5.26 Å². The van der Waals surface area contributed by atoms with Crippen LogP contribution in [0.1, 0.15) is 24.5 Å². The number of halogens is 1. The summed E-state index contributed by atoms with van der Waals surface area (Å²) in [6.07, 6.45) is 0.318. The summed E-state index contributed by atoms with van der Waals surface area (Å²) in [5.41, 5.74) is 1.41. The molecule has 1 heterocycles. The van der Waals surface area contributed by atoms with E-state index >= 15 is 0 Å². The van der Waals surface area contributed by atoms with Gasteiger partial charge in [-0.15, -0.1) is 0 Å². The van der Waals surface area contributed by atoms with Gasteiger partial charge in [0.1, 0.15) is 0 Å². The summed E-state index contributed by atoms with van der Waals surface area (Å²) in [5.74, 6) is -0.307. The smallest absolute Gasteiger partial charge is 0.271 e. The lowest BCUT2D eigenvalue weighted by molar-refractivity contribution is -0.135. The zero-order valence-corrected chi connectivity index (χ0v) is 13.7. The lowest BCUT2D eigenvalue weighted by atomic mass is 9.95. The first-order valence-corrected chi connectivity index (χ1v) is 7.71. The molecule has 1 N–H and O–H groups in total. The molecule has 2 aromatic carbocycles. The molecule has 3 rings (SSSR count). The molecule has 1 aliphatic heterocycles. The molecule has 0 unspecified atom stereocenters. The van der Waals surface area contributed by atoms with Gasteiger partial charge in [-0.25, -0.2) is 0 Å². The summed E-state index contributed by atoms with van der Waals surface area (Å²) >= 11 is 6.17. The zero-order valence-electron chi connectivity index (χ0n) is 12.9. The van der Waals surface area contributed by atoms with E-state index in [2.05, 4.69) is 10.5 Å². The standard InChI is InChI=1S/C18H14ClN3O2/c1-18(17(23)21-13-8-6-12(11-20)7-9-13)10-16(22-24-18)14-4-2-3-5-15(14)19/h2-9H,10H2,1H3,(H,21,23)/t18-/m1/s1. The molecule has 0 saturated carbocycles. The average Bonchev–Trinajstić information content (AvgIpc) is 2.99. The van der Waals surface area contributed by atoms with Crippen LogP contribution in [0.25, 0.3) is 0 Å². The summed E-state index contributed by atoms with van der Waals surface area (Å²) in [5, 5.41) is 16.2. The van der Waals surface area contributed by atoms with Crippen LogP contribution >= 0.6 is 11.6 Å². The summed E-state index contributed by atoms with van der Waals surface area (Å²) in [6.45, 7) is 1.68. The fraction of sp³-hybridized carbons (Fsp3) is 0.167. The second-order valence-electron chi connectivity index (χ2n) is 5.66. The van der Waals surface area contributed by atoms with Crippen LogP contribution in [0.15, 0.2) is 53.7 Å². The number of nitrogens with zero attached hydrogens (tertiary/aromatic N) is 2. The minimum atomic E-state index is -1.11. The minimum absolute atomic E-state index is 0.307. The molecule has 1 aliphatic rings. The molecule has 0 fully saturated rings. The summed E-state index contributed by atoms with van der Waals surface area (Å²) < 4.78 is 0. The van der Waals surface area contributed by atoms with Crippen LogP contribution in [0.4, 0.5) is 5.69 Å². The monoisotopic (exact) mass is 339 g/mol. The van der Waals surface area contributed by atoms with Crippen molar-refractivity contribution in [3.8, 4) is 6.07 Å². The number of nitrogens with one attached hydrogen (secondary N) is 1. The van der Waals surface area contributed by atoms with Gasteiger partial charge in [0.05, 0.1) is 17.3 Å². The van der Waals surface area contributed by atoms with Crippen molar-refractivity contribution in [1.82, 2.24) is 0 Å². The first-order chi connectivity index (χ1) is 11.5. The van der Waals surface area contributed by atoms with Gasteiger partial charge < -0.3 is 10.2 Å². The van der Waals surface area contributed by atoms with Gasteiger partial charge in [-0.2, -0.15) is 5.26 Å². The van der Waals surface area contributed by atoms with Gasteiger partial charge >= 0.3 is 0 Å². The van der Waals surface area contributed by atoms with Crippen LogP contribution in [0.2, 0.25) is 5.02 Å². The molecule has 1 amide bonds. The van der Waals surface area contributed by atoms with Crippen LogP contribution in [-0.2, 0) is 9.63 Å². The molecule has 5 nitrogen and oxygen atoms in total. The number of anilines is 1. The van der Waals surface area contributed by atoms with Crippen LogP contribution in [0, 0.1) is 11.3 Å². The van der Waals surface area contributed by atoms with Gasteiger partial charge in [0.25, 0.3) is 5.91 Å². The first-order valence-electron chi connectivity index (χ1n) is 7.33. The lowest BCUT2D eigenvalue weighted by Gasteiger charge is -2.20. The van der Waals surface area contributed by atoms with E-state index in [1.807, 2.05) is 24.3 Å². The van der Waals surface area contributed by atoms with Gasteiger partial charge in [0.15, 0.2) is 0 Å². The highest BCUT2D eigenvalue weighted by Gasteiger charge is 2.42. The SMILES string of the molecule is C[C@]1(C(=O)Nc2ccc(C#N)cc2)CC(c2ccccc2Cl)=NO1. The summed E-state index contributed by atoms with van der Waals surface area (Å²) in [6, 6.07) is 16.0. The van der Waals surface area contributed by atoms with Gasteiger partial charge in [-0.3, -0.25) is 4.79 Å². The maximum Gasteiger partial charge on any atom is 0.271 e. The van der Waals surface area contributed by atoms with Gasteiger partial charge in [0, 0.05) is 22.7 Å². The molecule has 24 heavy (non-hydrogen) atoms. The molecule has 0 radical (unpaired) electrons. The van der Waals surface area contributed by atoms with Crippen molar-refractivity contribution in [2.75, 3.05) is 5.32 Å². The Bertz CT molecular complexity index is 855. The number of benzene rings is 2. The first kappa shape index (κ1) is 16.0. The molecule has 6 heteroatoms. The molecule has 0 bridgehead atoms. The Balaban J connectivity index is 1.72. The highest BCUT2D eigenvalue weighted by Crippen LogP contribution is 2.30. The number of rotatable bonds is 3. The van der Waals surface area contributed by atoms with E-state index in [9.17, 15) is 4.79 Å². The molecule has 0 saturated heterocycles. The van der Waals surface area contributed by atoms with Gasteiger partial charge in [-0.1, -0.05) is 35.0 Å². The second-order valence-corrected chi connectivity index (χ2v) is 6.07. The van der Waals surface area contributed by atoms with Crippen molar-refractivity contribution >= 4 is 28.9 Å². The fourth-order valence-electron chi connectivity index (χ4n) is 2.39. The third-order valence-electron chi connectivity index (χ3n) is 3.80. The molecule has 0 aliphatic carbocycles. The number of oxime groups is 1. The van der Waals surface area contributed by atoms with Gasteiger partial charge in [0.2, 0.25) is 5.60 Å². The number of hydrogen-bond donors (Lipinski definition) is 1. The molecular formula is C18H14ClN3O2. The second kappa shape index (κ2) is 6.34. The Morgan fingerprint density at radius 3 is 2.67 bits per heavy atom. The Morgan fingerprint density at radius 2 is 2.00 bits per heavy atom. The van der Waals surface area contributed by atoms with Crippen molar-refractivity contribution in [2.24, 2.45) is 5.16 Å². The largest absolute Gasteiger partial charge is 0.379 e. The van der Waals surface area contributed by atoms with E-state index in [0.29, 0.717) is 28.4 Å². The van der Waals surface area contributed by atoms with Crippen LogP contribution < -0.4 is 5.32 Å². The molecule has 0 aromatic heterocycles. The molecule has 1 atom stereocenters. The van der Waals surface area contributed by atoms with Crippen molar-refractivity contribution < 1.29 is 9.63 Å². The van der Waals surface area contributed by atoms with E-state index in [4.69, 9.17) is 21.7 Å². The number of carbonyl (C=O) groups is 1. The maximum atomic E-state index is 12.5. The zero-order chi connectivity index (χ0) is 17.2. The van der Waals surface area contributed by atoms with Crippen molar-refractivity contribution in [2.45, 2.75) is 18.9 Å². The Morgan fingerprint density at radius 1 is 1.29 bits per heavy atom. The predicted molar refractivity (Wildman–Crippen MR) is 91.9 cm³/mol. The quantitative estimate of drug-likeness (QED) is 0.925. The topological polar surface area (TPSA) is 74.5 Å². The van der Waals surface area contributed by atoms with E-state index in [1.54, 1.807) is 37.3 Å². The fourth-order valence-corrected chi connectivity index (χ4v) is 2.64. The maximum absolute atomic E-state index is 12.5. The molecular weight excluding hydrogens is 326 g/mol. The van der Waals surface area contributed by atoms with Crippen LogP contribution in [-0.4, -0.2) is 17.2 Å². The lowest BCUT2D eigenvalue weighted by Crippen LogP contribution is -2.40. The Labute approximate surface area is 144 Å². The van der Waals surface area contributed by atoms with Crippen LogP contribution in [0.3, 0.4) is 0 Å². The molecule has 0 spiro atoms. The highest BCUT2D eigenvalue weighted by atomic mass is 35.5.